The maximum atomic E-state index is 6.04. The molecule has 96 valence electrons. The van der Waals surface area contributed by atoms with Crippen molar-refractivity contribution >= 4 is 0 Å². The van der Waals surface area contributed by atoms with Gasteiger partial charge in [-0.05, 0) is 44.4 Å². The Hall–Kier alpha value is -0.800. The maximum Gasteiger partial charge on any atom is 0.135 e. The van der Waals surface area contributed by atoms with Crippen molar-refractivity contribution in [2.75, 3.05) is 13.2 Å². The molecule has 3 heteroatoms. The minimum absolute atomic E-state index is 0.215. The highest BCUT2D eigenvalue weighted by atomic mass is 16.5. The molecule has 0 radical (unpaired) electrons. The molecule has 0 amide bonds. The van der Waals surface area contributed by atoms with Gasteiger partial charge in [0.15, 0.2) is 0 Å². The first kappa shape index (κ1) is 12.7. The monoisotopic (exact) mass is 237 g/mol. The van der Waals surface area contributed by atoms with Crippen molar-refractivity contribution in [2.45, 2.75) is 51.2 Å². The molecule has 17 heavy (non-hydrogen) atoms. The zero-order chi connectivity index (χ0) is 12.1. The summed E-state index contributed by atoms with van der Waals surface area (Å²) in [5, 5.41) is 3.60. The smallest absolute Gasteiger partial charge is 0.135 e. The number of furan rings is 1. The van der Waals surface area contributed by atoms with E-state index in [1.54, 1.807) is 6.26 Å². The molecule has 1 aromatic heterocycles. The molecule has 3 nitrogen and oxygen atoms in total. The van der Waals surface area contributed by atoms with E-state index in [0.717, 1.165) is 38.2 Å². The van der Waals surface area contributed by atoms with Gasteiger partial charge >= 0.3 is 0 Å². The lowest BCUT2D eigenvalue weighted by atomic mass is 9.86. The third-order valence-electron chi connectivity index (χ3n) is 3.65. The molecule has 0 bridgehead atoms. The number of rotatable bonds is 5. The molecule has 1 aromatic rings. The van der Waals surface area contributed by atoms with Crippen molar-refractivity contribution < 1.29 is 9.15 Å². The van der Waals surface area contributed by atoms with Gasteiger partial charge in [0.25, 0.3) is 0 Å². The molecule has 0 spiro atoms. The predicted octanol–water partition coefficient (Wildman–Crippen LogP) is 3.06. The fraction of sp³-hybridized carbons (Fsp3) is 0.714. The van der Waals surface area contributed by atoms with Crippen LogP contribution in [0, 0.1) is 0 Å². The van der Waals surface area contributed by atoms with E-state index in [-0.39, 0.29) is 5.60 Å². The van der Waals surface area contributed by atoms with Gasteiger partial charge in [-0.3, -0.25) is 0 Å². The fourth-order valence-corrected chi connectivity index (χ4v) is 2.61. The van der Waals surface area contributed by atoms with Gasteiger partial charge in [0.1, 0.15) is 11.4 Å². The van der Waals surface area contributed by atoms with Crippen molar-refractivity contribution in [2.24, 2.45) is 0 Å². The van der Waals surface area contributed by atoms with Gasteiger partial charge in [-0.2, -0.15) is 0 Å². The maximum absolute atomic E-state index is 6.04. The van der Waals surface area contributed by atoms with Crippen LogP contribution in [-0.4, -0.2) is 19.2 Å². The first-order valence-corrected chi connectivity index (χ1v) is 6.72. The molecule has 2 heterocycles. The molecular weight excluding hydrogens is 214 g/mol. The van der Waals surface area contributed by atoms with E-state index < -0.39 is 0 Å². The van der Waals surface area contributed by atoms with Crippen LogP contribution in [0.15, 0.2) is 22.8 Å². The number of hydrogen-bond acceptors (Lipinski definition) is 3. The summed E-state index contributed by atoms with van der Waals surface area (Å²) in [5.41, 5.74) is -0.215. The summed E-state index contributed by atoms with van der Waals surface area (Å²) in [6.45, 7) is 6.27. The Morgan fingerprint density at radius 2 is 2.35 bits per heavy atom. The minimum Gasteiger partial charge on any atom is -0.466 e. The summed E-state index contributed by atoms with van der Waals surface area (Å²) in [6.07, 6.45) is 5.99. The quantitative estimate of drug-likeness (QED) is 0.854. The highest BCUT2D eigenvalue weighted by Gasteiger charge is 2.39. The molecule has 1 fully saturated rings. The second-order valence-corrected chi connectivity index (χ2v) is 4.82. The topological polar surface area (TPSA) is 34.4 Å². The molecule has 2 atom stereocenters. The van der Waals surface area contributed by atoms with Crippen molar-refractivity contribution in [3.8, 4) is 0 Å². The van der Waals surface area contributed by atoms with Crippen molar-refractivity contribution in [1.29, 1.82) is 0 Å². The van der Waals surface area contributed by atoms with Crippen molar-refractivity contribution in [3.05, 3.63) is 24.2 Å². The molecule has 2 rings (SSSR count). The zero-order valence-corrected chi connectivity index (χ0v) is 10.9. The SMILES string of the molecule is CCCNC1CCOC(CC)(c2ccco2)C1. The van der Waals surface area contributed by atoms with Gasteiger partial charge < -0.3 is 14.5 Å². The second kappa shape index (κ2) is 5.69. The molecule has 1 aliphatic heterocycles. The van der Waals surface area contributed by atoms with Crippen LogP contribution in [0.5, 0.6) is 0 Å². The zero-order valence-electron chi connectivity index (χ0n) is 10.9. The minimum atomic E-state index is -0.215. The Labute approximate surface area is 104 Å². The van der Waals surface area contributed by atoms with E-state index in [4.69, 9.17) is 9.15 Å². The van der Waals surface area contributed by atoms with Crippen LogP contribution in [0.3, 0.4) is 0 Å². The average molecular weight is 237 g/mol. The predicted molar refractivity (Wildman–Crippen MR) is 67.9 cm³/mol. The summed E-state index contributed by atoms with van der Waals surface area (Å²) in [7, 11) is 0. The van der Waals surface area contributed by atoms with Gasteiger partial charge in [0, 0.05) is 12.6 Å². The number of hydrogen-bond donors (Lipinski definition) is 1. The van der Waals surface area contributed by atoms with Gasteiger partial charge in [0.05, 0.1) is 6.26 Å². The third kappa shape index (κ3) is 2.72. The first-order valence-electron chi connectivity index (χ1n) is 6.72. The van der Waals surface area contributed by atoms with Crippen molar-refractivity contribution in [3.63, 3.8) is 0 Å². The Bertz CT molecular complexity index is 323. The third-order valence-corrected chi connectivity index (χ3v) is 3.65. The van der Waals surface area contributed by atoms with E-state index in [1.807, 2.05) is 12.1 Å². The summed E-state index contributed by atoms with van der Waals surface area (Å²) in [5.74, 6) is 0.975. The van der Waals surface area contributed by atoms with Crippen LogP contribution in [0.4, 0.5) is 0 Å². The van der Waals surface area contributed by atoms with Crippen LogP contribution < -0.4 is 5.32 Å². The Balaban J connectivity index is 2.07. The van der Waals surface area contributed by atoms with Gasteiger partial charge in [-0.25, -0.2) is 0 Å². The Kier molecular flexibility index (Phi) is 4.24. The van der Waals surface area contributed by atoms with Gasteiger partial charge in [-0.15, -0.1) is 0 Å². The summed E-state index contributed by atoms with van der Waals surface area (Å²) < 4.78 is 11.6. The molecule has 0 aliphatic carbocycles. The highest BCUT2D eigenvalue weighted by molar-refractivity contribution is 5.11. The van der Waals surface area contributed by atoms with Crippen LogP contribution in [0.25, 0.3) is 0 Å². The normalized spacial score (nSPS) is 29.4. The molecule has 1 saturated heterocycles. The summed E-state index contributed by atoms with van der Waals surface area (Å²) in [4.78, 5) is 0. The summed E-state index contributed by atoms with van der Waals surface area (Å²) >= 11 is 0. The van der Waals surface area contributed by atoms with E-state index in [0.29, 0.717) is 6.04 Å². The largest absolute Gasteiger partial charge is 0.466 e. The molecule has 2 unspecified atom stereocenters. The van der Waals surface area contributed by atoms with Crippen molar-refractivity contribution in [1.82, 2.24) is 5.32 Å². The van der Waals surface area contributed by atoms with Crippen LogP contribution in [0.2, 0.25) is 0 Å². The van der Waals surface area contributed by atoms with E-state index in [1.165, 1.54) is 6.42 Å². The summed E-state index contributed by atoms with van der Waals surface area (Å²) in [6, 6.07) is 4.53. The molecule has 1 N–H and O–H groups in total. The Morgan fingerprint density at radius 3 is 3.00 bits per heavy atom. The van der Waals surface area contributed by atoms with Gasteiger partial charge in [0.2, 0.25) is 0 Å². The molecular formula is C14H23NO2. The van der Waals surface area contributed by atoms with Gasteiger partial charge in [-0.1, -0.05) is 13.8 Å². The van der Waals surface area contributed by atoms with Crippen LogP contribution in [0.1, 0.15) is 45.3 Å². The van der Waals surface area contributed by atoms with E-state index in [2.05, 4.69) is 19.2 Å². The fourth-order valence-electron chi connectivity index (χ4n) is 2.61. The first-order chi connectivity index (χ1) is 8.30. The molecule has 1 aliphatic rings. The highest BCUT2D eigenvalue weighted by Crippen LogP contribution is 2.38. The number of ether oxygens (including phenoxy) is 1. The van der Waals surface area contributed by atoms with E-state index >= 15 is 0 Å². The lowest BCUT2D eigenvalue weighted by molar-refractivity contribution is -0.109. The standard InChI is InChI=1S/C14H23NO2/c1-3-8-15-12-7-10-17-14(4-2,11-12)13-6-5-9-16-13/h5-6,9,12,15H,3-4,7-8,10-11H2,1-2H3. The Morgan fingerprint density at radius 1 is 1.47 bits per heavy atom. The van der Waals surface area contributed by atoms with Crippen LogP contribution in [-0.2, 0) is 10.3 Å². The lowest BCUT2D eigenvalue weighted by Crippen LogP contribution is -2.45. The lowest BCUT2D eigenvalue weighted by Gasteiger charge is -2.39. The molecule has 0 saturated carbocycles. The average Bonchev–Trinajstić information content (AvgIpc) is 2.91. The number of nitrogens with one attached hydrogen (secondary N) is 1. The second-order valence-electron chi connectivity index (χ2n) is 4.82. The van der Waals surface area contributed by atoms with Crippen LogP contribution >= 0.6 is 0 Å². The van der Waals surface area contributed by atoms with E-state index in [9.17, 15) is 0 Å². The molecule has 0 aromatic carbocycles.